The van der Waals surface area contributed by atoms with Crippen LogP contribution in [0.25, 0.3) is 11.4 Å². The van der Waals surface area contributed by atoms with Crippen molar-refractivity contribution in [2.75, 3.05) is 7.11 Å². The summed E-state index contributed by atoms with van der Waals surface area (Å²) in [5, 5.41) is 6.89. The second kappa shape index (κ2) is 5.94. The Kier molecular flexibility index (Phi) is 4.07. The van der Waals surface area contributed by atoms with Gasteiger partial charge in [0.25, 0.3) is 6.47 Å². The number of hydrogen-bond acceptors (Lipinski definition) is 5. The first-order valence-corrected chi connectivity index (χ1v) is 5.77. The van der Waals surface area contributed by atoms with Crippen LogP contribution in [0.4, 0.5) is 0 Å². The predicted octanol–water partition coefficient (Wildman–Crippen LogP) is 1.38. The van der Waals surface area contributed by atoms with Gasteiger partial charge in [0.2, 0.25) is 0 Å². The van der Waals surface area contributed by atoms with Gasteiger partial charge in [0.1, 0.15) is 5.82 Å². The Bertz CT molecular complexity index is 534. The molecule has 3 rings (SSSR count). The van der Waals surface area contributed by atoms with Gasteiger partial charge in [0, 0.05) is 30.8 Å². The average molecular weight is 262 g/mol. The number of rotatable bonds is 3. The van der Waals surface area contributed by atoms with E-state index in [0.717, 1.165) is 11.4 Å². The number of methoxy groups -OCH3 is 1. The Balaban J connectivity index is 0.000000408. The Hall–Kier alpha value is -2.44. The Morgan fingerprint density at radius 2 is 2.00 bits per heavy atom. The molecule has 0 saturated heterocycles. The molecule has 0 atom stereocenters. The molecule has 2 aromatic heterocycles. The highest BCUT2D eigenvalue weighted by Gasteiger charge is 2.25. The van der Waals surface area contributed by atoms with E-state index in [0.29, 0.717) is 12.1 Å². The number of carboxylic acid groups (broad SMARTS) is 1. The molecule has 1 saturated carbocycles. The lowest BCUT2D eigenvalue weighted by molar-refractivity contribution is -0.122. The molecule has 0 bridgehead atoms. The van der Waals surface area contributed by atoms with Crippen LogP contribution < -0.4 is 4.74 Å². The van der Waals surface area contributed by atoms with Crippen molar-refractivity contribution in [3.63, 3.8) is 0 Å². The zero-order valence-corrected chi connectivity index (χ0v) is 10.4. The highest BCUT2D eigenvalue weighted by Crippen LogP contribution is 2.37. The maximum absolute atomic E-state index is 8.36. The first kappa shape index (κ1) is 13.0. The number of ether oxygens (including phenoxy) is 1. The van der Waals surface area contributed by atoms with Crippen molar-refractivity contribution in [3.05, 3.63) is 24.8 Å². The van der Waals surface area contributed by atoms with Gasteiger partial charge < -0.3 is 14.4 Å². The molecule has 0 spiro atoms. The second-order valence-corrected chi connectivity index (χ2v) is 3.95. The Morgan fingerprint density at radius 1 is 1.37 bits per heavy atom. The first-order chi connectivity index (χ1) is 9.30. The molecule has 1 N–H and O–H groups in total. The van der Waals surface area contributed by atoms with Crippen LogP contribution in [0.1, 0.15) is 18.9 Å². The van der Waals surface area contributed by atoms with E-state index in [1.165, 1.54) is 12.8 Å². The van der Waals surface area contributed by atoms with Crippen molar-refractivity contribution in [2.45, 2.75) is 18.9 Å². The van der Waals surface area contributed by atoms with Gasteiger partial charge in [0.05, 0.1) is 12.7 Å². The number of carbonyl (C=O) groups is 1. The minimum Gasteiger partial charge on any atom is -0.483 e. The average Bonchev–Trinajstić information content (AvgIpc) is 3.17. The van der Waals surface area contributed by atoms with Crippen LogP contribution in [0, 0.1) is 0 Å². The topological polar surface area (TPSA) is 90.1 Å². The zero-order chi connectivity index (χ0) is 13.7. The van der Waals surface area contributed by atoms with E-state index < -0.39 is 0 Å². The monoisotopic (exact) mass is 262 g/mol. The van der Waals surface area contributed by atoms with Crippen molar-refractivity contribution in [2.24, 2.45) is 0 Å². The van der Waals surface area contributed by atoms with Gasteiger partial charge in [-0.25, -0.2) is 15.0 Å². The van der Waals surface area contributed by atoms with Gasteiger partial charge in [-0.3, -0.25) is 4.79 Å². The number of hydrogen-bond donors (Lipinski definition) is 1. The Morgan fingerprint density at radius 3 is 2.53 bits per heavy atom. The maximum Gasteiger partial charge on any atom is 0.316 e. The van der Waals surface area contributed by atoms with Crippen LogP contribution in [-0.4, -0.2) is 38.2 Å². The molecular weight excluding hydrogens is 248 g/mol. The summed E-state index contributed by atoms with van der Waals surface area (Å²) in [6.07, 6.45) is 9.79. The molecule has 0 aromatic carbocycles. The van der Waals surface area contributed by atoms with E-state index in [1.54, 1.807) is 19.5 Å². The third kappa shape index (κ3) is 3.06. The third-order valence-corrected chi connectivity index (χ3v) is 2.68. The van der Waals surface area contributed by atoms with E-state index in [-0.39, 0.29) is 6.47 Å². The van der Waals surface area contributed by atoms with Gasteiger partial charge in [0.15, 0.2) is 0 Å². The van der Waals surface area contributed by atoms with Gasteiger partial charge in [-0.1, -0.05) is 0 Å². The van der Waals surface area contributed by atoms with Gasteiger partial charge in [-0.05, 0) is 12.8 Å². The minimum absolute atomic E-state index is 0.250. The van der Waals surface area contributed by atoms with E-state index >= 15 is 0 Å². The van der Waals surface area contributed by atoms with Crippen LogP contribution in [0.3, 0.4) is 0 Å². The molecule has 7 nitrogen and oxygen atoms in total. The first-order valence-electron chi connectivity index (χ1n) is 5.77. The quantitative estimate of drug-likeness (QED) is 0.840. The largest absolute Gasteiger partial charge is 0.483 e. The number of aromatic nitrogens is 4. The molecule has 0 unspecified atom stereocenters. The SMILES string of the molecule is COc1ncc(-c2nccn2C2CC2)cn1.O=CO. The van der Waals surface area contributed by atoms with Crippen LogP contribution in [0.2, 0.25) is 0 Å². The Labute approximate surface area is 109 Å². The molecule has 0 amide bonds. The minimum atomic E-state index is -0.250. The molecule has 0 radical (unpaired) electrons. The molecule has 1 aliphatic carbocycles. The smallest absolute Gasteiger partial charge is 0.316 e. The fraction of sp³-hybridized carbons (Fsp3) is 0.333. The molecule has 2 aromatic rings. The lowest BCUT2D eigenvalue weighted by atomic mass is 10.3. The molecule has 19 heavy (non-hydrogen) atoms. The summed E-state index contributed by atoms with van der Waals surface area (Å²) in [6.45, 7) is -0.250. The summed E-state index contributed by atoms with van der Waals surface area (Å²) < 4.78 is 7.11. The van der Waals surface area contributed by atoms with Gasteiger partial charge in [-0.15, -0.1) is 0 Å². The summed E-state index contributed by atoms with van der Waals surface area (Å²) in [4.78, 5) is 20.9. The van der Waals surface area contributed by atoms with Crippen molar-refractivity contribution in [3.8, 4) is 17.4 Å². The third-order valence-electron chi connectivity index (χ3n) is 2.68. The van der Waals surface area contributed by atoms with Gasteiger partial charge >= 0.3 is 6.01 Å². The molecule has 1 fully saturated rings. The molecule has 1 aliphatic rings. The van der Waals surface area contributed by atoms with E-state index in [1.807, 2.05) is 12.4 Å². The van der Waals surface area contributed by atoms with Crippen molar-refractivity contribution in [1.29, 1.82) is 0 Å². The van der Waals surface area contributed by atoms with E-state index in [4.69, 9.17) is 14.6 Å². The predicted molar refractivity (Wildman–Crippen MR) is 66.8 cm³/mol. The lowest BCUT2D eigenvalue weighted by Crippen LogP contribution is -1.98. The molecule has 2 heterocycles. The second-order valence-electron chi connectivity index (χ2n) is 3.95. The van der Waals surface area contributed by atoms with Crippen LogP contribution >= 0.6 is 0 Å². The van der Waals surface area contributed by atoms with E-state index in [9.17, 15) is 0 Å². The molecule has 100 valence electrons. The molecular formula is C12H14N4O3. The van der Waals surface area contributed by atoms with Crippen LogP contribution in [-0.2, 0) is 4.79 Å². The summed E-state index contributed by atoms with van der Waals surface area (Å²) in [6, 6.07) is 0.993. The summed E-state index contributed by atoms with van der Waals surface area (Å²) in [7, 11) is 1.56. The highest BCUT2D eigenvalue weighted by molar-refractivity contribution is 5.53. The maximum atomic E-state index is 8.36. The standard InChI is InChI=1S/C11H12N4O.CH2O2/c1-16-11-13-6-8(7-14-11)10-12-4-5-15(10)9-2-3-9;2-1-3/h4-7,9H,2-3H2,1H3;1H,(H,2,3). The molecule has 7 heteroatoms. The van der Waals surface area contributed by atoms with Crippen molar-refractivity contribution >= 4 is 6.47 Å². The van der Waals surface area contributed by atoms with E-state index in [2.05, 4.69) is 19.5 Å². The summed E-state index contributed by atoms with van der Waals surface area (Å²) >= 11 is 0. The van der Waals surface area contributed by atoms with Gasteiger partial charge in [-0.2, -0.15) is 0 Å². The van der Waals surface area contributed by atoms with Crippen molar-refractivity contribution in [1.82, 2.24) is 19.5 Å². The van der Waals surface area contributed by atoms with Crippen LogP contribution in [0.5, 0.6) is 6.01 Å². The van der Waals surface area contributed by atoms with Crippen LogP contribution in [0.15, 0.2) is 24.8 Å². The normalized spacial score (nSPS) is 13.3. The fourth-order valence-electron chi connectivity index (χ4n) is 1.72. The van der Waals surface area contributed by atoms with Crippen molar-refractivity contribution < 1.29 is 14.6 Å². The fourth-order valence-corrected chi connectivity index (χ4v) is 1.72. The zero-order valence-electron chi connectivity index (χ0n) is 10.4. The number of nitrogens with zero attached hydrogens (tertiary/aromatic N) is 4. The summed E-state index contributed by atoms with van der Waals surface area (Å²) in [5.41, 5.74) is 0.928. The molecule has 0 aliphatic heterocycles. The number of imidazole rings is 1. The highest BCUT2D eigenvalue weighted by atomic mass is 16.5. The lowest BCUT2D eigenvalue weighted by Gasteiger charge is -2.05. The summed E-state index contributed by atoms with van der Waals surface area (Å²) in [5.74, 6) is 0.935.